The van der Waals surface area contributed by atoms with Crippen molar-refractivity contribution in [2.45, 2.75) is 4.90 Å². The SMILES string of the molecule is CNCCN(C)S(=O)(=O)c1ccc(Cl)cc1F. The van der Waals surface area contributed by atoms with Gasteiger partial charge in [0, 0.05) is 25.2 Å². The number of nitrogens with one attached hydrogen (secondary N) is 1. The summed E-state index contributed by atoms with van der Waals surface area (Å²) in [6.07, 6.45) is 0. The first-order valence-electron chi connectivity index (χ1n) is 4.95. The van der Waals surface area contributed by atoms with Crippen LogP contribution in [-0.4, -0.2) is 39.9 Å². The van der Waals surface area contributed by atoms with Gasteiger partial charge in [0.1, 0.15) is 10.7 Å². The molecule has 0 saturated heterocycles. The standard InChI is InChI=1S/C10H14ClFN2O2S/c1-13-5-6-14(2)17(15,16)10-4-3-8(11)7-9(10)12/h3-4,7,13H,5-6H2,1-2H3. The van der Waals surface area contributed by atoms with Crippen molar-refractivity contribution in [1.29, 1.82) is 0 Å². The maximum Gasteiger partial charge on any atom is 0.245 e. The summed E-state index contributed by atoms with van der Waals surface area (Å²) in [7, 11) is -0.684. The summed E-state index contributed by atoms with van der Waals surface area (Å²) in [5, 5.41) is 2.99. The van der Waals surface area contributed by atoms with Crippen LogP contribution in [0.15, 0.2) is 23.1 Å². The third kappa shape index (κ3) is 3.38. The average molecular weight is 281 g/mol. The van der Waals surface area contributed by atoms with Crippen LogP contribution in [0.5, 0.6) is 0 Å². The number of rotatable bonds is 5. The molecule has 0 unspecified atom stereocenters. The molecule has 0 spiro atoms. The molecular formula is C10H14ClFN2O2S. The maximum absolute atomic E-state index is 13.5. The van der Waals surface area contributed by atoms with Crippen LogP contribution in [0.1, 0.15) is 0 Å². The predicted molar refractivity (Wildman–Crippen MR) is 65.2 cm³/mol. The number of halogens is 2. The summed E-state index contributed by atoms with van der Waals surface area (Å²) in [5.41, 5.74) is 0. The summed E-state index contributed by atoms with van der Waals surface area (Å²) < 4.78 is 38.6. The maximum atomic E-state index is 13.5. The first-order valence-corrected chi connectivity index (χ1v) is 6.77. The molecule has 0 bridgehead atoms. The van der Waals surface area contributed by atoms with Crippen molar-refractivity contribution in [2.24, 2.45) is 0 Å². The number of likely N-dealkylation sites (N-methyl/N-ethyl adjacent to an activating group) is 2. The van der Waals surface area contributed by atoms with Gasteiger partial charge in [-0.25, -0.2) is 12.8 Å². The summed E-state index contributed by atoms with van der Waals surface area (Å²) >= 11 is 5.57. The minimum absolute atomic E-state index is 0.166. The van der Waals surface area contributed by atoms with Crippen LogP contribution >= 0.6 is 11.6 Å². The lowest BCUT2D eigenvalue weighted by molar-refractivity contribution is 0.459. The van der Waals surface area contributed by atoms with Crippen LogP contribution in [0.4, 0.5) is 4.39 Å². The number of nitrogens with zero attached hydrogens (tertiary/aromatic N) is 1. The Hall–Kier alpha value is -0.690. The second-order valence-corrected chi connectivity index (χ2v) is 5.95. The van der Waals surface area contributed by atoms with E-state index < -0.39 is 15.8 Å². The highest BCUT2D eigenvalue weighted by Gasteiger charge is 2.23. The molecule has 0 atom stereocenters. The molecule has 17 heavy (non-hydrogen) atoms. The molecular weight excluding hydrogens is 267 g/mol. The zero-order valence-corrected chi connectivity index (χ0v) is 11.1. The van der Waals surface area contributed by atoms with Gasteiger partial charge in [-0.3, -0.25) is 0 Å². The van der Waals surface area contributed by atoms with Gasteiger partial charge in [-0.15, -0.1) is 0 Å². The van der Waals surface area contributed by atoms with Gasteiger partial charge in [-0.1, -0.05) is 11.6 Å². The molecule has 1 rings (SSSR count). The molecule has 4 nitrogen and oxygen atoms in total. The summed E-state index contributed by atoms with van der Waals surface area (Å²) in [6.45, 7) is 0.756. The van der Waals surface area contributed by atoms with Crippen LogP contribution in [0.3, 0.4) is 0 Å². The predicted octanol–water partition coefficient (Wildman–Crippen LogP) is 1.32. The number of hydrogen-bond acceptors (Lipinski definition) is 3. The molecule has 0 aromatic heterocycles. The lowest BCUT2D eigenvalue weighted by Crippen LogP contribution is -2.33. The average Bonchev–Trinajstić information content (AvgIpc) is 2.25. The minimum Gasteiger partial charge on any atom is -0.318 e. The Balaban J connectivity index is 3.04. The van der Waals surface area contributed by atoms with Crippen LogP contribution in [0.2, 0.25) is 5.02 Å². The van der Waals surface area contributed by atoms with Crippen molar-refractivity contribution in [1.82, 2.24) is 9.62 Å². The topological polar surface area (TPSA) is 49.4 Å². The highest BCUT2D eigenvalue weighted by atomic mass is 35.5. The van der Waals surface area contributed by atoms with Crippen LogP contribution in [-0.2, 0) is 10.0 Å². The van der Waals surface area contributed by atoms with Crippen LogP contribution in [0, 0.1) is 5.82 Å². The molecule has 0 fully saturated rings. The van der Waals surface area contributed by atoms with Crippen molar-refractivity contribution in [3.8, 4) is 0 Å². The van der Waals surface area contributed by atoms with Gasteiger partial charge in [-0.05, 0) is 25.2 Å². The minimum atomic E-state index is -3.80. The Labute approximate surface area is 105 Å². The third-order valence-corrected chi connectivity index (χ3v) is 4.38. The Kier molecular flexibility index (Phi) is 4.88. The quantitative estimate of drug-likeness (QED) is 0.885. The largest absolute Gasteiger partial charge is 0.318 e. The molecule has 1 aromatic rings. The van der Waals surface area contributed by atoms with E-state index in [9.17, 15) is 12.8 Å². The molecule has 1 aromatic carbocycles. The highest BCUT2D eigenvalue weighted by Crippen LogP contribution is 2.21. The fraction of sp³-hybridized carbons (Fsp3) is 0.400. The van der Waals surface area contributed by atoms with Gasteiger partial charge in [0.15, 0.2) is 0 Å². The molecule has 0 aliphatic carbocycles. The van der Waals surface area contributed by atoms with E-state index >= 15 is 0 Å². The van der Waals surface area contributed by atoms with E-state index in [1.165, 1.54) is 19.2 Å². The van der Waals surface area contributed by atoms with Gasteiger partial charge in [-0.2, -0.15) is 4.31 Å². The fourth-order valence-electron chi connectivity index (χ4n) is 1.24. The number of hydrogen-bond donors (Lipinski definition) is 1. The number of sulfonamides is 1. The molecule has 0 radical (unpaired) electrons. The highest BCUT2D eigenvalue weighted by molar-refractivity contribution is 7.89. The second kappa shape index (κ2) is 5.77. The van der Waals surface area contributed by atoms with E-state index in [0.717, 1.165) is 10.4 Å². The van der Waals surface area contributed by atoms with Gasteiger partial charge < -0.3 is 5.32 Å². The first-order chi connectivity index (χ1) is 7.89. The Morgan fingerprint density at radius 3 is 2.65 bits per heavy atom. The van der Waals surface area contributed by atoms with Crippen LogP contribution < -0.4 is 5.32 Å². The van der Waals surface area contributed by atoms with E-state index in [-0.39, 0.29) is 16.5 Å². The lowest BCUT2D eigenvalue weighted by Gasteiger charge is -2.17. The molecule has 0 aliphatic heterocycles. The van der Waals surface area contributed by atoms with Crippen molar-refractivity contribution in [3.05, 3.63) is 29.0 Å². The van der Waals surface area contributed by atoms with Crippen LogP contribution in [0.25, 0.3) is 0 Å². The zero-order valence-electron chi connectivity index (χ0n) is 9.57. The van der Waals surface area contributed by atoms with E-state index in [1.54, 1.807) is 7.05 Å². The Morgan fingerprint density at radius 2 is 2.12 bits per heavy atom. The normalized spacial score (nSPS) is 12.1. The van der Waals surface area contributed by atoms with Gasteiger partial charge in [0.25, 0.3) is 0 Å². The number of benzene rings is 1. The molecule has 0 aliphatic rings. The summed E-state index contributed by atoms with van der Waals surface area (Å²) in [6, 6.07) is 3.51. The molecule has 0 heterocycles. The molecule has 1 N–H and O–H groups in total. The zero-order chi connectivity index (χ0) is 13.1. The van der Waals surface area contributed by atoms with E-state index in [0.29, 0.717) is 6.54 Å². The Bertz CT molecular complexity index is 493. The van der Waals surface area contributed by atoms with E-state index in [4.69, 9.17) is 11.6 Å². The van der Waals surface area contributed by atoms with Gasteiger partial charge in [0.05, 0.1) is 0 Å². The Morgan fingerprint density at radius 1 is 1.47 bits per heavy atom. The van der Waals surface area contributed by atoms with Crippen molar-refractivity contribution in [3.63, 3.8) is 0 Å². The molecule has 7 heteroatoms. The first kappa shape index (κ1) is 14.4. The summed E-state index contributed by atoms with van der Waals surface area (Å²) in [4.78, 5) is -0.361. The van der Waals surface area contributed by atoms with E-state index in [2.05, 4.69) is 5.32 Å². The monoisotopic (exact) mass is 280 g/mol. The van der Waals surface area contributed by atoms with Crippen molar-refractivity contribution in [2.75, 3.05) is 27.2 Å². The smallest absolute Gasteiger partial charge is 0.245 e. The van der Waals surface area contributed by atoms with Gasteiger partial charge in [0.2, 0.25) is 10.0 Å². The third-order valence-electron chi connectivity index (χ3n) is 2.26. The molecule has 0 amide bonds. The van der Waals surface area contributed by atoms with Gasteiger partial charge >= 0.3 is 0 Å². The summed E-state index contributed by atoms with van der Waals surface area (Å²) in [5.74, 6) is -0.839. The van der Waals surface area contributed by atoms with Crippen molar-refractivity contribution < 1.29 is 12.8 Å². The fourth-order valence-corrected chi connectivity index (χ4v) is 2.61. The second-order valence-electron chi connectivity index (χ2n) is 3.50. The lowest BCUT2D eigenvalue weighted by atomic mass is 10.3. The van der Waals surface area contributed by atoms with Crippen molar-refractivity contribution >= 4 is 21.6 Å². The molecule has 96 valence electrons. The van der Waals surface area contributed by atoms with E-state index in [1.807, 2.05) is 0 Å². The molecule has 0 saturated carbocycles.